The quantitative estimate of drug-likeness (QED) is 0.286. The zero-order valence-corrected chi connectivity index (χ0v) is 13.6. The van der Waals surface area contributed by atoms with Crippen LogP contribution in [0.5, 0.6) is 0 Å². The van der Waals surface area contributed by atoms with E-state index in [-0.39, 0.29) is 0 Å². The van der Waals surface area contributed by atoms with Crippen molar-refractivity contribution >= 4 is 44.1 Å². The Hall–Kier alpha value is -1.09. The molecule has 0 aromatic heterocycles. The van der Waals surface area contributed by atoms with Gasteiger partial charge >= 0.3 is 0 Å². The molecular weight excluding hydrogens is 355 g/mol. The number of fused-ring (bicyclic) bond motifs is 5. The normalized spacial score (nSPS) is 18.4. The summed E-state index contributed by atoms with van der Waals surface area (Å²) in [6, 6.07) is 18.1. The van der Waals surface area contributed by atoms with E-state index in [0.717, 1.165) is 5.92 Å². The molecule has 0 N–H and O–H groups in total. The maximum Gasteiger partial charge on any atom is 0.00643 e. The summed E-state index contributed by atoms with van der Waals surface area (Å²) < 4.78 is 1.24. The zero-order chi connectivity index (χ0) is 13.5. The summed E-state index contributed by atoms with van der Waals surface area (Å²) in [5.74, 6) is 0.759. The van der Waals surface area contributed by atoms with Gasteiger partial charge in [0.1, 0.15) is 0 Å². The van der Waals surface area contributed by atoms with Crippen molar-refractivity contribution in [2.75, 3.05) is 4.43 Å². The van der Waals surface area contributed by atoms with Gasteiger partial charge in [-0.05, 0) is 57.9 Å². The second-order valence-corrected chi connectivity index (χ2v) is 6.64. The van der Waals surface area contributed by atoms with E-state index in [1.807, 2.05) is 0 Å². The molecule has 3 aromatic carbocycles. The van der Waals surface area contributed by atoms with Crippen molar-refractivity contribution in [3.63, 3.8) is 0 Å². The Balaban J connectivity index is 2.07. The topological polar surface area (TPSA) is 0 Å². The first-order valence-corrected chi connectivity index (χ1v) is 8.90. The minimum absolute atomic E-state index is 0.759. The molecule has 0 spiro atoms. The molecule has 0 heterocycles. The molecule has 0 amide bonds. The van der Waals surface area contributed by atoms with Crippen LogP contribution in [-0.2, 0) is 6.42 Å². The predicted octanol–water partition coefficient (Wildman–Crippen LogP) is 5.85. The van der Waals surface area contributed by atoms with E-state index in [0.29, 0.717) is 0 Å². The van der Waals surface area contributed by atoms with Crippen molar-refractivity contribution in [1.82, 2.24) is 0 Å². The minimum atomic E-state index is 0.759. The van der Waals surface area contributed by atoms with E-state index in [4.69, 9.17) is 0 Å². The van der Waals surface area contributed by atoms with E-state index < -0.39 is 0 Å². The molecule has 3 aromatic rings. The summed E-state index contributed by atoms with van der Waals surface area (Å²) in [6.45, 7) is 0. The van der Waals surface area contributed by atoms with Gasteiger partial charge in [-0.25, -0.2) is 0 Å². The lowest BCUT2D eigenvalue weighted by Gasteiger charge is -2.25. The standard InChI is InChI=1S/C19H17I/c20-12-14-5-3-7-17-16(14)10-11-18-15-6-2-1-4-13(15)8-9-19(17)18/h1-2,4,6,8-11,14H,3,5,7,12H2. The highest BCUT2D eigenvalue weighted by atomic mass is 127. The number of halogens is 1. The number of hydrogen-bond acceptors (Lipinski definition) is 0. The highest BCUT2D eigenvalue weighted by Gasteiger charge is 2.21. The molecule has 1 unspecified atom stereocenters. The molecule has 1 heteroatoms. The van der Waals surface area contributed by atoms with Crippen LogP contribution in [0.25, 0.3) is 21.5 Å². The maximum atomic E-state index is 2.54. The molecule has 0 aliphatic heterocycles. The van der Waals surface area contributed by atoms with Crippen LogP contribution in [0, 0.1) is 0 Å². The number of benzene rings is 3. The summed E-state index contributed by atoms with van der Waals surface area (Å²) in [7, 11) is 0. The number of rotatable bonds is 1. The van der Waals surface area contributed by atoms with Gasteiger partial charge in [0, 0.05) is 4.43 Å². The number of alkyl halides is 1. The Kier molecular flexibility index (Phi) is 3.18. The Morgan fingerprint density at radius 1 is 0.900 bits per heavy atom. The Labute approximate surface area is 133 Å². The fourth-order valence-corrected chi connectivity index (χ4v) is 4.58. The van der Waals surface area contributed by atoms with Gasteiger partial charge in [0.05, 0.1) is 0 Å². The fourth-order valence-electron chi connectivity index (χ4n) is 3.67. The lowest BCUT2D eigenvalue weighted by atomic mass is 9.81. The zero-order valence-electron chi connectivity index (χ0n) is 11.4. The van der Waals surface area contributed by atoms with Crippen molar-refractivity contribution in [1.29, 1.82) is 0 Å². The molecular formula is C19H17I. The average molecular weight is 372 g/mol. The van der Waals surface area contributed by atoms with Gasteiger partial charge in [-0.15, -0.1) is 0 Å². The summed E-state index contributed by atoms with van der Waals surface area (Å²) in [5, 5.41) is 5.65. The van der Waals surface area contributed by atoms with Gasteiger partial charge in [0.2, 0.25) is 0 Å². The highest BCUT2D eigenvalue weighted by Crippen LogP contribution is 2.38. The largest absolute Gasteiger partial charge is 0.0857 e. The maximum absolute atomic E-state index is 2.54. The van der Waals surface area contributed by atoms with Crippen molar-refractivity contribution in [3.05, 3.63) is 59.7 Å². The van der Waals surface area contributed by atoms with Crippen molar-refractivity contribution in [3.8, 4) is 0 Å². The second-order valence-electron chi connectivity index (χ2n) is 5.76. The SMILES string of the molecule is ICC1CCCc2c1ccc1c2ccc2ccccc21. The van der Waals surface area contributed by atoms with Crippen LogP contribution < -0.4 is 0 Å². The van der Waals surface area contributed by atoms with Crippen molar-refractivity contribution < 1.29 is 0 Å². The van der Waals surface area contributed by atoms with Crippen LogP contribution in [0.1, 0.15) is 29.9 Å². The van der Waals surface area contributed by atoms with Crippen LogP contribution in [0.15, 0.2) is 48.5 Å². The monoisotopic (exact) mass is 372 g/mol. The highest BCUT2D eigenvalue weighted by molar-refractivity contribution is 14.1. The molecule has 0 fully saturated rings. The van der Waals surface area contributed by atoms with E-state index >= 15 is 0 Å². The third kappa shape index (κ3) is 1.86. The van der Waals surface area contributed by atoms with Gasteiger partial charge in [-0.3, -0.25) is 0 Å². The molecule has 0 radical (unpaired) electrons. The van der Waals surface area contributed by atoms with Crippen LogP contribution >= 0.6 is 22.6 Å². The summed E-state index contributed by atoms with van der Waals surface area (Å²) in [6.07, 6.45) is 3.94. The molecule has 20 heavy (non-hydrogen) atoms. The average Bonchev–Trinajstić information content (AvgIpc) is 2.53. The Morgan fingerprint density at radius 2 is 1.75 bits per heavy atom. The third-order valence-corrected chi connectivity index (χ3v) is 5.74. The summed E-state index contributed by atoms with van der Waals surface area (Å²) in [5.41, 5.74) is 3.22. The van der Waals surface area contributed by atoms with Crippen LogP contribution in [0.4, 0.5) is 0 Å². The summed E-state index contributed by atoms with van der Waals surface area (Å²) in [4.78, 5) is 0. The first-order valence-electron chi connectivity index (χ1n) is 7.37. The summed E-state index contributed by atoms with van der Waals surface area (Å²) >= 11 is 2.54. The molecule has 1 aliphatic rings. The lowest BCUT2D eigenvalue weighted by Crippen LogP contribution is -2.11. The first-order chi connectivity index (χ1) is 9.88. The first kappa shape index (κ1) is 12.6. The Bertz CT molecular complexity index is 788. The molecule has 100 valence electrons. The van der Waals surface area contributed by atoms with Crippen LogP contribution in [0.2, 0.25) is 0 Å². The van der Waals surface area contributed by atoms with Crippen molar-refractivity contribution in [2.45, 2.75) is 25.2 Å². The van der Waals surface area contributed by atoms with E-state index in [9.17, 15) is 0 Å². The molecule has 0 saturated heterocycles. The van der Waals surface area contributed by atoms with Crippen molar-refractivity contribution in [2.24, 2.45) is 0 Å². The molecule has 1 aliphatic carbocycles. The predicted molar refractivity (Wildman–Crippen MR) is 96.0 cm³/mol. The fraction of sp³-hybridized carbons (Fsp3) is 0.263. The molecule has 1 atom stereocenters. The Morgan fingerprint density at radius 3 is 2.65 bits per heavy atom. The molecule has 0 nitrogen and oxygen atoms in total. The van der Waals surface area contributed by atoms with E-state index in [2.05, 4.69) is 71.1 Å². The number of aryl methyl sites for hydroxylation is 1. The molecule has 0 bridgehead atoms. The smallest absolute Gasteiger partial charge is 0.00643 e. The van der Waals surface area contributed by atoms with Gasteiger partial charge in [0.15, 0.2) is 0 Å². The minimum Gasteiger partial charge on any atom is -0.0857 e. The van der Waals surface area contributed by atoms with Crippen LogP contribution in [-0.4, -0.2) is 4.43 Å². The third-order valence-electron chi connectivity index (χ3n) is 4.68. The van der Waals surface area contributed by atoms with Gasteiger partial charge in [-0.1, -0.05) is 71.1 Å². The van der Waals surface area contributed by atoms with Gasteiger partial charge < -0.3 is 0 Å². The van der Waals surface area contributed by atoms with Gasteiger partial charge in [-0.2, -0.15) is 0 Å². The molecule has 0 saturated carbocycles. The van der Waals surface area contributed by atoms with E-state index in [1.165, 1.54) is 45.2 Å². The second kappa shape index (κ2) is 5.03. The molecule has 4 rings (SSSR count). The van der Waals surface area contributed by atoms with Crippen LogP contribution in [0.3, 0.4) is 0 Å². The lowest BCUT2D eigenvalue weighted by molar-refractivity contribution is 0.605. The van der Waals surface area contributed by atoms with E-state index in [1.54, 1.807) is 11.1 Å². The van der Waals surface area contributed by atoms with Gasteiger partial charge in [0.25, 0.3) is 0 Å². The number of hydrogen-bond donors (Lipinski definition) is 0.